The molecule has 2 heterocycles. The molecule has 0 unspecified atom stereocenters. The predicted octanol–water partition coefficient (Wildman–Crippen LogP) is 4.20. The lowest BCUT2D eigenvalue weighted by atomic mass is 10.1. The average Bonchev–Trinajstić information content (AvgIpc) is 3.29. The summed E-state index contributed by atoms with van der Waals surface area (Å²) in [7, 11) is 3.19. The van der Waals surface area contributed by atoms with E-state index in [1.54, 1.807) is 14.2 Å². The molecule has 0 saturated heterocycles. The third kappa shape index (κ3) is 5.12. The molecule has 2 aromatic heterocycles. The summed E-state index contributed by atoms with van der Waals surface area (Å²) in [4.78, 5) is 30.7. The summed E-state index contributed by atoms with van der Waals surface area (Å²) in [6.45, 7) is 2.79. The van der Waals surface area contributed by atoms with E-state index in [0.29, 0.717) is 34.7 Å². The Bertz CT molecular complexity index is 1360. The minimum absolute atomic E-state index is 0.114. The summed E-state index contributed by atoms with van der Waals surface area (Å²) < 4.78 is 12.1. The first-order valence-corrected chi connectivity index (χ1v) is 11.9. The second kappa shape index (κ2) is 10.5. The summed E-state index contributed by atoms with van der Waals surface area (Å²) in [6, 6.07) is 13.8. The van der Waals surface area contributed by atoms with Gasteiger partial charge in [-0.2, -0.15) is 0 Å². The minimum Gasteiger partial charge on any atom is -0.493 e. The number of hydrogen-bond acceptors (Lipinski definition) is 6. The Labute approximate surface area is 202 Å². The Morgan fingerprint density at radius 3 is 2.59 bits per heavy atom. The van der Waals surface area contributed by atoms with E-state index in [9.17, 15) is 9.59 Å². The predicted molar refractivity (Wildman–Crippen MR) is 135 cm³/mol. The molecule has 34 heavy (non-hydrogen) atoms. The van der Waals surface area contributed by atoms with Crippen molar-refractivity contribution >= 4 is 27.5 Å². The molecule has 1 N–H and O–H groups in total. The van der Waals surface area contributed by atoms with E-state index in [1.165, 1.54) is 22.2 Å². The van der Waals surface area contributed by atoms with Crippen LogP contribution in [0.1, 0.15) is 17.5 Å². The van der Waals surface area contributed by atoms with Crippen molar-refractivity contribution in [1.82, 2.24) is 14.9 Å². The van der Waals surface area contributed by atoms with E-state index >= 15 is 0 Å². The summed E-state index contributed by atoms with van der Waals surface area (Å²) in [6.07, 6.45) is 2.38. The zero-order valence-electron chi connectivity index (χ0n) is 19.5. The Balaban J connectivity index is 1.38. The van der Waals surface area contributed by atoms with Gasteiger partial charge < -0.3 is 14.8 Å². The quantitative estimate of drug-likeness (QED) is 0.391. The van der Waals surface area contributed by atoms with Crippen molar-refractivity contribution in [2.24, 2.45) is 0 Å². The molecule has 0 atom stereocenters. The molecule has 176 valence electrons. The number of benzene rings is 2. The van der Waals surface area contributed by atoms with E-state index in [-0.39, 0.29) is 24.4 Å². The minimum atomic E-state index is -0.125. The Morgan fingerprint density at radius 1 is 1.09 bits per heavy atom. The number of carbonyl (C=O) groups excluding carboxylic acids is 1. The maximum Gasteiger partial charge on any atom is 0.262 e. The highest BCUT2D eigenvalue weighted by molar-refractivity contribution is 7.17. The zero-order chi connectivity index (χ0) is 24.1. The number of amides is 1. The van der Waals surface area contributed by atoms with Crippen LogP contribution < -0.4 is 20.3 Å². The number of rotatable bonds is 9. The maximum atomic E-state index is 13.2. The van der Waals surface area contributed by atoms with Crippen LogP contribution >= 0.6 is 11.3 Å². The van der Waals surface area contributed by atoms with Crippen LogP contribution in [-0.4, -0.2) is 36.2 Å². The molecular formula is C26H27N3O4S. The van der Waals surface area contributed by atoms with Gasteiger partial charge in [0.25, 0.3) is 5.56 Å². The third-order valence-corrected chi connectivity index (χ3v) is 6.57. The molecule has 0 aliphatic rings. The molecule has 1 amide bonds. The lowest BCUT2D eigenvalue weighted by Gasteiger charge is -2.10. The SMILES string of the molecule is COc1ccc(CCNC(=O)CCn2cnc3scc(-c4ccc(C)cc4)c3c2=O)cc1OC. The van der Waals surface area contributed by atoms with Crippen molar-refractivity contribution in [1.29, 1.82) is 0 Å². The highest BCUT2D eigenvalue weighted by atomic mass is 32.1. The maximum absolute atomic E-state index is 13.2. The molecule has 7 nitrogen and oxygen atoms in total. The molecule has 4 aromatic rings. The standard InChI is InChI=1S/C26H27N3O4S/c1-17-4-7-19(8-5-17)20-15-34-25-24(20)26(31)29(16-28-25)13-11-23(30)27-12-10-18-6-9-21(32-2)22(14-18)33-3/h4-9,14-16H,10-13H2,1-3H3,(H,27,30). The van der Waals surface area contributed by atoms with Crippen LogP contribution in [0.25, 0.3) is 21.3 Å². The Kier molecular flexibility index (Phi) is 7.27. The van der Waals surface area contributed by atoms with Gasteiger partial charge in [0.1, 0.15) is 4.83 Å². The number of aromatic nitrogens is 2. The number of aryl methyl sites for hydroxylation is 2. The van der Waals surface area contributed by atoms with Gasteiger partial charge in [-0.05, 0) is 36.6 Å². The molecule has 0 spiro atoms. The van der Waals surface area contributed by atoms with E-state index in [0.717, 1.165) is 22.3 Å². The fourth-order valence-electron chi connectivity index (χ4n) is 3.77. The monoisotopic (exact) mass is 477 g/mol. The number of ether oxygens (including phenoxy) is 2. The Hall–Kier alpha value is -3.65. The van der Waals surface area contributed by atoms with Gasteiger partial charge in [0, 0.05) is 30.5 Å². The van der Waals surface area contributed by atoms with E-state index in [1.807, 2.05) is 54.8 Å². The van der Waals surface area contributed by atoms with E-state index in [4.69, 9.17) is 9.47 Å². The van der Waals surface area contributed by atoms with Crippen molar-refractivity contribution in [3.63, 3.8) is 0 Å². The molecule has 0 saturated carbocycles. The van der Waals surface area contributed by atoms with Crippen LogP contribution in [-0.2, 0) is 17.8 Å². The molecule has 0 radical (unpaired) electrons. The smallest absolute Gasteiger partial charge is 0.262 e. The number of fused-ring (bicyclic) bond motifs is 1. The number of hydrogen-bond donors (Lipinski definition) is 1. The normalized spacial score (nSPS) is 10.9. The molecule has 2 aromatic carbocycles. The van der Waals surface area contributed by atoms with Crippen LogP contribution in [0.4, 0.5) is 0 Å². The first kappa shape index (κ1) is 23.5. The highest BCUT2D eigenvalue weighted by Gasteiger charge is 2.14. The lowest BCUT2D eigenvalue weighted by Crippen LogP contribution is -2.29. The molecule has 0 aliphatic heterocycles. The first-order valence-electron chi connectivity index (χ1n) is 11.0. The summed E-state index contributed by atoms with van der Waals surface area (Å²) in [5.41, 5.74) is 3.94. The van der Waals surface area contributed by atoms with Gasteiger partial charge in [-0.1, -0.05) is 35.9 Å². The summed E-state index contributed by atoms with van der Waals surface area (Å²) >= 11 is 1.45. The Morgan fingerprint density at radius 2 is 1.85 bits per heavy atom. The van der Waals surface area contributed by atoms with Gasteiger partial charge in [-0.25, -0.2) is 4.98 Å². The van der Waals surface area contributed by atoms with E-state index in [2.05, 4.69) is 10.3 Å². The van der Waals surface area contributed by atoms with Crippen molar-refractivity contribution in [3.05, 3.63) is 75.7 Å². The van der Waals surface area contributed by atoms with Crippen LogP contribution in [0.2, 0.25) is 0 Å². The number of nitrogens with zero attached hydrogens (tertiary/aromatic N) is 2. The molecule has 0 aliphatic carbocycles. The van der Waals surface area contributed by atoms with Crippen molar-refractivity contribution in [2.75, 3.05) is 20.8 Å². The topological polar surface area (TPSA) is 82.5 Å². The van der Waals surface area contributed by atoms with Crippen LogP contribution in [0.3, 0.4) is 0 Å². The molecule has 0 fully saturated rings. The van der Waals surface area contributed by atoms with Crippen molar-refractivity contribution in [3.8, 4) is 22.6 Å². The summed E-state index contributed by atoms with van der Waals surface area (Å²) in [5.74, 6) is 1.21. The van der Waals surface area contributed by atoms with Gasteiger partial charge in [0.15, 0.2) is 11.5 Å². The first-order chi connectivity index (χ1) is 16.5. The third-order valence-electron chi connectivity index (χ3n) is 5.69. The number of carbonyl (C=O) groups is 1. The number of thiophene rings is 1. The second-order valence-electron chi connectivity index (χ2n) is 7.98. The zero-order valence-corrected chi connectivity index (χ0v) is 20.3. The number of nitrogens with one attached hydrogen (secondary N) is 1. The van der Waals surface area contributed by atoms with Gasteiger partial charge >= 0.3 is 0 Å². The molecule has 4 rings (SSSR count). The summed E-state index contributed by atoms with van der Waals surface area (Å²) in [5, 5.41) is 5.49. The fourth-order valence-corrected chi connectivity index (χ4v) is 4.67. The molecule has 8 heteroatoms. The van der Waals surface area contributed by atoms with Crippen LogP contribution in [0.5, 0.6) is 11.5 Å². The largest absolute Gasteiger partial charge is 0.493 e. The second-order valence-corrected chi connectivity index (χ2v) is 8.84. The van der Waals surface area contributed by atoms with E-state index < -0.39 is 0 Å². The van der Waals surface area contributed by atoms with Gasteiger partial charge in [0.2, 0.25) is 5.91 Å². The lowest BCUT2D eigenvalue weighted by molar-refractivity contribution is -0.121. The van der Waals surface area contributed by atoms with Crippen LogP contribution in [0, 0.1) is 6.92 Å². The van der Waals surface area contributed by atoms with Gasteiger partial charge in [-0.3, -0.25) is 14.2 Å². The van der Waals surface area contributed by atoms with Gasteiger partial charge in [0.05, 0.1) is 25.9 Å². The molecule has 0 bridgehead atoms. The highest BCUT2D eigenvalue weighted by Crippen LogP contribution is 2.31. The molecular weight excluding hydrogens is 450 g/mol. The fraction of sp³-hybridized carbons (Fsp3) is 0.269. The van der Waals surface area contributed by atoms with Crippen LogP contribution in [0.15, 0.2) is 59.0 Å². The van der Waals surface area contributed by atoms with Gasteiger partial charge in [-0.15, -0.1) is 11.3 Å². The number of methoxy groups -OCH3 is 2. The average molecular weight is 478 g/mol. The van der Waals surface area contributed by atoms with Crippen molar-refractivity contribution in [2.45, 2.75) is 26.3 Å². The van der Waals surface area contributed by atoms with Crippen molar-refractivity contribution < 1.29 is 14.3 Å².